The summed E-state index contributed by atoms with van der Waals surface area (Å²) in [4.78, 5) is 27.7. The van der Waals surface area contributed by atoms with Crippen molar-refractivity contribution in [2.75, 3.05) is 51.3 Å². The van der Waals surface area contributed by atoms with Crippen molar-refractivity contribution in [1.29, 1.82) is 0 Å². The van der Waals surface area contributed by atoms with Gasteiger partial charge >= 0.3 is 6.03 Å². The largest absolute Gasteiger partial charge is 0.378 e. The molecule has 2 fully saturated rings. The van der Waals surface area contributed by atoms with Gasteiger partial charge < -0.3 is 19.4 Å². The van der Waals surface area contributed by atoms with E-state index in [1.165, 1.54) is 0 Å². The highest BCUT2D eigenvalue weighted by Crippen LogP contribution is 2.29. The van der Waals surface area contributed by atoms with Crippen molar-refractivity contribution in [2.24, 2.45) is 0 Å². The number of morpholine rings is 1. The number of urea groups is 1. The van der Waals surface area contributed by atoms with Crippen molar-refractivity contribution < 1.29 is 9.53 Å². The first-order chi connectivity index (χ1) is 13.1. The second-order valence-electron chi connectivity index (χ2n) is 7.07. The van der Waals surface area contributed by atoms with Crippen LogP contribution < -0.4 is 4.90 Å². The number of ether oxygens (including phenoxy) is 1. The zero-order valence-electron chi connectivity index (χ0n) is 15.5. The van der Waals surface area contributed by atoms with E-state index in [1.807, 2.05) is 29.0 Å². The van der Waals surface area contributed by atoms with E-state index in [0.717, 1.165) is 47.1 Å². The zero-order chi connectivity index (χ0) is 18.8. The third-order valence-electron chi connectivity index (χ3n) is 5.47. The van der Waals surface area contributed by atoms with Crippen molar-refractivity contribution in [3.63, 3.8) is 0 Å². The van der Waals surface area contributed by atoms with Crippen LogP contribution in [0.1, 0.15) is 12.8 Å². The highest BCUT2D eigenvalue weighted by molar-refractivity contribution is 9.10. The number of halogens is 1. The van der Waals surface area contributed by atoms with E-state index >= 15 is 0 Å². The molecular formula is C19H24BrN5O2. The molecule has 2 saturated heterocycles. The Morgan fingerprint density at radius 2 is 1.93 bits per heavy atom. The normalized spacial score (nSPS) is 18.7. The maximum absolute atomic E-state index is 12.7. The van der Waals surface area contributed by atoms with E-state index in [4.69, 9.17) is 4.74 Å². The van der Waals surface area contributed by atoms with Crippen LogP contribution in [-0.4, -0.2) is 78.3 Å². The molecule has 0 saturated carbocycles. The Morgan fingerprint density at radius 3 is 2.67 bits per heavy atom. The van der Waals surface area contributed by atoms with E-state index in [0.29, 0.717) is 26.3 Å². The second-order valence-corrected chi connectivity index (χ2v) is 7.99. The molecule has 0 N–H and O–H groups in total. The number of hydrogen-bond donors (Lipinski definition) is 0. The van der Waals surface area contributed by atoms with Gasteiger partial charge in [0, 0.05) is 49.1 Å². The number of piperidine rings is 1. The quantitative estimate of drug-likeness (QED) is 0.728. The van der Waals surface area contributed by atoms with Gasteiger partial charge in [-0.3, -0.25) is 0 Å². The SMILES string of the molecule is CN(C(=O)N1CCOCC1)C1CCN(c2ncnc3ccc(Br)cc23)CC1. The molecular weight excluding hydrogens is 410 g/mol. The number of amides is 2. The maximum Gasteiger partial charge on any atom is 0.320 e. The Labute approximate surface area is 167 Å². The summed E-state index contributed by atoms with van der Waals surface area (Å²) in [5.74, 6) is 0.974. The molecule has 4 rings (SSSR count). The Morgan fingerprint density at radius 1 is 1.19 bits per heavy atom. The summed E-state index contributed by atoms with van der Waals surface area (Å²) in [5, 5.41) is 1.06. The van der Waals surface area contributed by atoms with Gasteiger partial charge in [-0.1, -0.05) is 15.9 Å². The highest BCUT2D eigenvalue weighted by Gasteiger charge is 2.29. The molecule has 144 valence electrons. The number of fused-ring (bicyclic) bond motifs is 1. The molecule has 0 atom stereocenters. The molecule has 2 amide bonds. The van der Waals surface area contributed by atoms with Crippen LogP contribution in [0.15, 0.2) is 29.0 Å². The Kier molecular flexibility index (Phi) is 5.45. The topological polar surface area (TPSA) is 61.8 Å². The Hall–Kier alpha value is -1.93. The van der Waals surface area contributed by atoms with Gasteiger partial charge in [0.25, 0.3) is 0 Å². The van der Waals surface area contributed by atoms with Gasteiger partial charge in [0.05, 0.1) is 18.7 Å². The number of hydrogen-bond acceptors (Lipinski definition) is 5. The molecule has 1 aromatic heterocycles. The molecule has 7 nitrogen and oxygen atoms in total. The number of carbonyl (C=O) groups excluding carboxylic acids is 1. The van der Waals surface area contributed by atoms with Crippen LogP contribution in [0.25, 0.3) is 10.9 Å². The van der Waals surface area contributed by atoms with E-state index < -0.39 is 0 Å². The third-order valence-corrected chi connectivity index (χ3v) is 5.96. The molecule has 0 bridgehead atoms. The van der Waals surface area contributed by atoms with Crippen molar-refractivity contribution in [3.05, 3.63) is 29.0 Å². The number of carbonyl (C=O) groups is 1. The Bertz CT molecular complexity index is 819. The lowest BCUT2D eigenvalue weighted by Crippen LogP contribution is -2.52. The number of aromatic nitrogens is 2. The van der Waals surface area contributed by atoms with E-state index in [9.17, 15) is 4.79 Å². The van der Waals surface area contributed by atoms with Gasteiger partial charge in [-0.25, -0.2) is 14.8 Å². The van der Waals surface area contributed by atoms with E-state index in [-0.39, 0.29) is 12.1 Å². The minimum absolute atomic E-state index is 0.119. The standard InChI is InChI=1S/C19H24BrN5O2/c1-23(19(26)25-8-10-27-11-9-25)15-4-6-24(7-5-15)18-16-12-14(20)2-3-17(16)21-13-22-18/h2-3,12-13,15H,4-11H2,1H3. The molecule has 3 heterocycles. The molecule has 27 heavy (non-hydrogen) atoms. The van der Waals surface area contributed by atoms with Gasteiger partial charge in [-0.15, -0.1) is 0 Å². The summed E-state index contributed by atoms with van der Waals surface area (Å²) in [6.45, 7) is 4.39. The van der Waals surface area contributed by atoms with Gasteiger partial charge in [0.1, 0.15) is 12.1 Å². The average molecular weight is 434 g/mol. The monoisotopic (exact) mass is 433 g/mol. The fourth-order valence-corrected chi connectivity index (χ4v) is 4.23. The van der Waals surface area contributed by atoms with Crippen molar-refractivity contribution in [3.8, 4) is 0 Å². The van der Waals surface area contributed by atoms with Crippen LogP contribution in [0.4, 0.5) is 10.6 Å². The predicted molar refractivity (Wildman–Crippen MR) is 108 cm³/mol. The van der Waals surface area contributed by atoms with Crippen LogP contribution in [0, 0.1) is 0 Å². The van der Waals surface area contributed by atoms with Crippen molar-refractivity contribution >= 4 is 38.7 Å². The smallest absolute Gasteiger partial charge is 0.320 e. The number of benzene rings is 1. The molecule has 1 aromatic carbocycles. The van der Waals surface area contributed by atoms with E-state index in [2.05, 4.69) is 36.9 Å². The lowest BCUT2D eigenvalue weighted by molar-refractivity contribution is 0.0409. The van der Waals surface area contributed by atoms with Gasteiger partial charge in [0.2, 0.25) is 0 Å². The lowest BCUT2D eigenvalue weighted by atomic mass is 10.0. The molecule has 8 heteroatoms. The van der Waals surface area contributed by atoms with Crippen molar-refractivity contribution in [2.45, 2.75) is 18.9 Å². The summed E-state index contributed by atoms with van der Waals surface area (Å²) >= 11 is 3.54. The van der Waals surface area contributed by atoms with Gasteiger partial charge in [-0.2, -0.15) is 0 Å². The minimum atomic E-state index is 0.119. The van der Waals surface area contributed by atoms with Gasteiger partial charge in [0.15, 0.2) is 0 Å². The van der Waals surface area contributed by atoms with Crippen LogP contribution in [0.5, 0.6) is 0 Å². The molecule has 0 unspecified atom stereocenters. The van der Waals surface area contributed by atoms with Crippen LogP contribution in [0.3, 0.4) is 0 Å². The first-order valence-corrected chi connectivity index (χ1v) is 10.2. The average Bonchev–Trinajstić information content (AvgIpc) is 2.73. The minimum Gasteiger partial charge on any atom is -0.378 e. The summed E-state index contributed by atoms with van der Waals surface area (Å²) < 4.78 is 6.37. The fraction of sp³-hybridized carbons (Fsp3) is 0.526. The number of nitrogens with zero attached hydrogens (tertiary/aromatic N) is 5. The second kappa shape index (κ2) is 7.98. The summed E-state index contributed by atoms with van der Waals surface area (Å²) in [6, 6.07) is 6.46. The fourth-order valence-electron chi connectivity index (χ4n) is 3.87. The zero-order valence-corrected chi connectivity index (χ0v) is 17.1. The summed E-state index contributed by atoms with van der Waals surface area (Å²) in [7, 11) is 1.93. The van der Waals surface area contributed by atoms with Crippen molar-refractivity contribution in [1.82, 2.24) is 19.8 Å². The maximum atomic E-state index is 12.7. The summed E-state index contributed by atoms with van der Waals surface area (Å²) in [6.07, 6.45) is 3.50. The molecule has 0 spiro atoms. The van der Waals surface area contributed by atoms with Crippen LogP contribution in [0.2, 0.25) is 0 Å². The van der Waals surface area contributed by atoms with Crippen LogP contribution in [-0.2, 0) is 4.74 Å². The lowest BCUT2D eigenvalue weighted by Gasteiger charge is -2.40. The van der Waals surface area contributed by atoms with Crippen LogP contribution >= 0.6 is 15.9 Å². The highest BCUT2D eigenvalue weighted by atomic mass is 79.9. The molecule has 0 aliphatic carbocycles. The summed E-state index contributed by atoms with van der Waals surface area (Å²) in [5.41, 5.74) is 0.949. The Balaban J connectivity index is 1.43. The van der Waals surface area contributed by atoms with Gasteiger partial charge in [-0.05, 0) is 31.0 Å². The number of rotatable bonds is 2. The van der Waals surface area contributed by atoms with E-state index in [1.54, 1.807) is 6.33 Å². The first-order valence-electron chi connectivity index (χ1n) is 9.38. The molecule has 2 aliphatic rings. The predicted octanol–water partition coefficient (Wildman–Crippen LogP) is 2.75. The molecule has 0 radical (unpaired) electrons. The third kappa shape index (κ3) is 3.87. The molecule has 2 aromatic rings. The molecule has 2 aliphatic heterocycles. The number of anilines is 1. The first kappa shape index (κ1) is 18.4.